The summed E-state index contributed by atoms with van der Waals surface area (Å²) in [7, 11) is 0. The molecule has 0 fully saturated rings. The molecule has 138 valence electrons. The number of pyridine rings is 1. The topological polar surface area (TPSA) is 92.3 Å². The van der Waals surface area contributed by atoms with Gasteiger partial charge < -0.3 is 5.32 Å². The van der Waals surface area contributed by atoms with E-state index in [4.69, 9.17) is 28.5 Å². The van der Waals surface area contributed by atoms with Crippen LogP contribution < -0.4 is 5.32 Å². The van der Waals surface area contributed by atoms with Gasteiger partial charge in [-0.25, -0.2) is 24.0 Å². The number of fused-ring (bicyclic) bond motifs is 1. The number of hydrogen-bond acceptors (Lipinski definition) is 6. The number of nitriles is 1. The van der Waals surface area contributed by atoms with Gasteiger partial charge in [0, 0.05) is 18.6 Å². The fourth-order valence-corrected chi connectivity index (χ4v) is 3.30. The van der Waals surface area contributed by atoms with Crippen molar-refractivity contribution in [2.45, 2.75) is 6.67 Å². The maximum Gasteiger partial charge on any atom is 0.228 e. The van der Waals surface area contributed by atoms with E-state index in [2.05, 4.69) is 25.4 Å². The molecule has 0 aliphatic heterocycles. The van der Waals surface area contributed by atoms with E-state index in [-0.39, 0.29) is 11.6 Å². The van der Waals surface area contributed by atoms with Gasteiger partial charge >= 0.3 is 0 Å². The molecule has 0 saturated carbocycles. The average Bonchev–Trinajstić information content (AvgIpc) is 3.12. The zero-order valence-corrected chi connectivity index (χ0v) is 15.6. The maximum absolute atomic E-state index is 12.8. The van der Waals surface area contributed by atoms with Gasteiger partial charge in [0.15, 0.2) is 0 Å². The summed E-state index contributed by atoms with van der Waals surface area (Å²) in [5, 5.41) is 17.7. The first kappa shape index (κ1) is 18.1. The Morgan fingerprint density at radius 2 is 1.89 bits per heavy atom. The number of nitrogens with zero attached hydrogens (tertiary/aromatic N) is 6. The smallest absolute Gasteiger partial charge is 0.228 e. The highest BCUT2D eigenvalue weighted by Gasteiger charge is 2.15. The predicted molar refractivity (Wildman–Crippen MR) is 104 cm³/mol. The van der Waals surface area contributed by atoms with Gasteiger partial charge in [0.1, 0.15) is 18.2 Å². The molecule has 1 N–H and O–H groups in total. The van der Waals surface area contributed by atoms with Gasteiger partial charge in [-0.15, -0.1) is 0 Å². The molecule has 3 aromatic heterocycles. The molecule has 7 nitrogen and oxygen atoms in total. The summed E-state index contributed by atoms with van der Waals surface area (Å²) in [5.74, 6) is 0.665. The lowest BCUT2D eigenvalue weighted by Gasteiger charge is -2.07. The fraction of sp³-hybridized carbons (Fsp3) is 0.0556. The van der Waals surface area contributed by atoms with Gasteiger partial charge in [-0.3, -0.25) is 0 Å². The van der Waals surface area contributed by atoms with E-state index in [1.54, 1.807) is 18.5 Å². The number of nitrogens with one attached hydrogen (secondary N) is 1. The second-order valence-electron chi connectivity index (χ2n) is 5.70. The molecule has 0 aliphatic carbocycles. The first-order valence-corrected chi connectivity index (χ1v) is 8.73. The Hall–Kier alpha value is -3.28. The van der Waals surface area contributed by atoms with Crippen molar-refractivity contribution in [1.29, 1.82) is 5.26 Å². The van der Waals surface area contributed by atoms with Crippen LogP contribution in [0.3, 0.4) is 0 Å². The minimum Gasteiger partial charge on any atom is -0.308 e. The van der Waals surface area contributed by atoms with Gasteiger partial charge in [0.05, 0.1) is 38.3 Å². The van der Waals surface area contributed by atoms with Crippen LogP contribution >= 0.6 is 23.2 Å². The first-order valence-electron chi connectivity index (χ1n) is 7.98. The minimum absolute atomic E-state index is 0.220. The molecule has 3 heterocycles. The van der Waals surface area contributed by atoms with Crippen LogP contribution in [0.25, 0.3) is 16.6 Å². The normalized spacial score (nSPS) is 10.8. The second-order valence-corrected chi connectivity index (χ2v) is 6.51. The molecule has 10 heteroatoms. The lowest BCUT2D eigenvalue weighted by Crippen LogP contribution is -2.00. The first-order chi connectivity index (χ1) is 13.6. The molecule has 0 aliphatic rings. The quantitative estimate of drug-likeness (QED) is 0.525. The molecule has 1 aromatic carbocycles. The van der Waals surface area contributed by atoms with Gasteiger partial charge in [-0.05, 0) is 24.3 Å². The third-order valence-corrected chi connectivity index (χ3v) is 4.47. The lowest BCUT2D eigenvalue weighted by molar-refractivity contribution is 0.476. The fourth-order valence-electron chi connectivity index (χ4n) is 2.64. The molecule has 0 spiro atoms. The minimum atomic E-state index is -0.692. The summed E-state index contributed by atoms with van der Waals surface area (Å²) in [6.07, 6.45) is 4.73. The Balaban J connectivity index is 1.79. The number of alkyl halides is 1. The summed E-state index contributed by atoms with van der Waals surface area (Å²) in [4.78, 5) is 12.4. The van der Waals surface area contributed by atoms with Gasteiger partial charge in [0.2, 0.25) is 5.95 Å². The Kier molecular flexibility index (Phi) is 4.77. The highest BCUT2D eigenvalue weighted by Crippen LogP contribution is 2.32. The Morgan fingerprint density at radius 3 is 2.61 bits per heavy atom. The largest absolute Gasteiger partial charge is 0.308 e. The van der Waals surface area contributed by atoms with Crippen LogP contribution in [0.5, 0.6) is 0 Å². The molecule has 0 unspecified atom stereocenters. The predicted octanol–water partition coefficient (Wildman–Crippen LogP) is 4.60. The van der Waals surface area contributed by atoms with Crippen LogP contribution in [0.2, 0.25) is 10.0 Å². The molecule has 28 heavy (non-hydrogen) atoms. The standard InChI is InChI=1S/C18H10Cl2FN7/c19-13-5-10(8-22)6-14(20)16(13)28-9-12-15(27-28)2-4-23-17(12)26-18-24-3-1-11(7-21)25-18/h1-6,9H,7H2,(H,23,24,25,26). The van der Waals surface area contributed by atoms with E-state index in [9.17, 15) is 4.39 Å². The van der Waals surface area contributed by atoms with Crippen molar-refractivity contribution >= 4 is 45.9 Å². The Labute approximate surface area is 168 Å². The SMILES string of the molecule is N#Cc1cc(Cl)c(-n2cc3c(Nc4nccc(CF)n4)nccc3n2)c(Cl)c1. The van der Waals surface area contributed by atoms with Crippen LogP contribution in [-0.4, -0.2) is 24.7 Å². The van der Waals surface area contributed by atoms with Crippen LogP contribution in [0.4, 0.5) is 16.2 Å². The summed E-state index contributed by atoms with van der Waals surface area (Å²) in [6, 6.07) is 8.25. The van der Waals surface area contributed by atoms with Gasteiger partial charge in [-0.2, -0.15) is 10.4 Å². The monoisotopic (exact) mass is 413 g/mol. The van der Waals surface area contributed by atoms with Crippen LogP contribution in [0, 0.1) is 11.3 Å². The zero-order valence-electron chi connectivity index (χ0n) is 14.1. The van der Waals surface area contributed by atoms with E-state index in [0.29, 0.717) is 38.0 Å². The highest BCUT2D eigenvalue weighted by molar-refractivity contribution is 6.38. The number of aromatic nitrogens is 5. The Bertz CT molecular complexity index is 1210. The maximum atomic E-state index is 12.8. The number of anilines is 2. The molecule has 0 amide bonds. The molecule has 0 bridgehead atoms. The second kappa shape index (κ2) is 7.38. The third-order valence-electron chi connectivity index (χ3n) is 3.89. The van der Waals surface area contributed by atoms with E-state index in [0.717, 1.165) is 0 Å². The highest BCUT2D eigenvalue weighted by atomic mass is 35.5. The number of halogens is 3. The summed E-state index contributed by atoms with van der Waals surface area (Å²) in [6.45, 7) is -0.692. The van der Waals surface area contributed by atoms with Crippen molar-refractivity contribution in [1.82, 2.24) is 24.7 Å². The van der Waals surface area contributed by atoms with Crippen LogP contribution in [0.1, 0.15) is 11.3 Å². The summed E-state index contributed by atoms with van der Waals surface area (Å²) < 4.78 is 14.3. The summed E-state index contributed by atoms with van der Waals surface area (Å²) >= 11 is 12.6. The van der Waals surface area contributed by atoms with Crippen molar-refractivity contribution in [3.05, 3.63) is 64.2 Å². The van der Waals surface area contributed by atoms with Crippen molar-refractivity contribution in [3.63, 3.8) is 0 Å². The summed E-state index contributed by atoms with van der Waals surface area (Å²) in [5.41, 5.74) is 1.68. The number of rotatable bonds is 4. The molecule has 0 saturated heterocycles. The zero-order chi connectivity index (χ0) is 19.7. The van der Waals surface area contributed by atoms with Crippen molar-refractivity contribution < 1.29 is 4.39 Å². The molecular weight excluding hydrogens is 404 g/mol. The van der Waals surface area contributed by atoms with E-state index in [1.807, 2.05) is 6.07 Å². The number of hydrogen-bond donors (Lipinski definition) is 1. The van der Waals surface area contributed by atoms with Crippen LogP contribution in [-0.2, 0) is 6.67 Å². The number of benzene rings is 1. The molecular formula is C18H10Cl2FN7. The average molecular weight is 414 g/mol. The van der Waals surface area contributed by atoms with Crippen LogP contribution in [0.15, 0.2) is 42.9 Å². The van der Waals surface area contributed by atoms with Crippen molar-refractivity contribution in [2.75, 3.05) is 5.32 Å². The van der Waals surface area contributed by atoms with Crippen molar-refractivity contribution in [2.24, 2.45) is 0 Å². The van der Waals surface area contributed by atoms with E-state index >= 15 is 0 Å². The lowest BCUT2D eigenvalue weighted by atomic mass is 10.2. The van der Waals surface area contributed by atoms with Crippen molar-refractivity contribution in [3.8, 4) is 11.8 Å². The molecule has 0 radical (unpaired) electrons. The van der Waals surface area contributed by atoms with E-state index in [1.165, 1.54) is 29.1 Å². The molecule has 4 rings (SSSR count). The van der Waals surface area contributed by atoms with Gasteiger partial charge in [0.25, 0.3) is 0 Å². The molecule has 0 atom stereocenters. The van der Waals surface area contributed by atoms with Gasteiger partial charge in [-0.1, -0.05) is 23.2 Å². The van der Waals surface area contributed by atoms with E-state index < -0.39 is 6.67 Å². The Morgan fingerprint density at radius 1 is 1.14 bits per heavy atom. The molecule has 4 aromatic rings. The third kappa shape index (κ3) is 3.33.